The number of carbonyl (C=O) groups is 1. The topological polar surface area (TPSA) is 88.9 Å². The van der Waals surface area contributed by atoms with Crippen LogP contribution in [0.2, 0.25) is 0 Å². The highest BCUT2D eigenvalue weighted by Crippen LogP contribution is 2.30. The Balaban J connectivity index is 1.50. The number of morpholine rings is 1. The molecule has 0 saturated carbocycles. The van der Waals surface area contributed by atoms with E-state index in [-0.39, 0.29) is 30.0 Å². The standard InChI is InChI=1S/C19H22N2O5S/c22-19(20-16-7-3-5-14-4-1-2-6-15(14)16)17-8-9-18(26-17)27(23,24)21-10-12-25-13-11-21/h1-2,4,6,8-9,16H,3,5,7,10-13H2,(H,20,22)/t16-/m1/s1. The first-order valence-electron chi connectivity index (χ1n) is 9.12. The second kappa shape index (κ2) is 7.46. The van der Waals surface area contributed by atoms with Crippen molar-refractivity contribution < 1.29 is 22.4 Å². The molecule has 1 fully saturated rings. The van der Waals surface area contributed by atoms with Gasteiger partial charge in [-0.3, -0.25) is 4.79 Å². The van der Waals surface area contributed by atoms with E-state index >= 15 is 0 Å². The van der Waals surface area contributed by atoms with Gasteiger partial charge in [-0.25, -0.2) is 8.42 Å². The molecular weight excluding hydrogens is 368 g/mol. The van der Waals surface area contributed by atoms with Crippen molar-refractivity contribution in [1.29, 1.82) is 0 Å². The van der Waals surface area contributed by atoms with Crippen molar-refractivity contribution in [3.05, 3.63) is 53.3 Å². The highest BCUT2D eigenvalue weighted by atomic mass is 32.2. The van der Waals surface area contributed by atoms with E-state index in [9.17, 15) is 13.2 Å². The molecule has 1 saturated heterocycles. The maximum absolute atomic E-state index is 12.6. The van der Waals surface area contributed by atoms with Crippen molar-refractivity contribution in [1.82, 2.24) is 9.62 Å². The number of ether oxygens (including phenoxy) is 1. The van der Waals surface area contributed by atoms with Gasteiger partial charge in [0.2, 0.25) is 5.09 Å². The SMILES string of the molecule is O=C(N[C@@H]1CCCc2ccccc21)c1ccc(S(=O)(=O)N2CCOCC2)o1. The second-order valence-corrected chi connectivity index (χ2v) is 8.62. The fourth-order valence-electron chi connectivity index (χ4n) is 3.63. The third kappa shape index (κ3) is 3.65. The van der Waals surface area contributed by atoms with Crippen LogP contribution in [0.25, 0.3) is 0 Å². The van der Waals surface area contributed by atoms with Crippen LogP contribution in [0, 0.1) is 0 Å². The summed E-state index contributed by atoms with van der Waals surface area (Å²) < 4.78 is 37.2. The lowest BCUT2D eigenvalue weighted by Gasteiger charge is -2.26. The lowest BCUT2D eigenvalue weighted by Crippen LogP contribution is -2.40. The van der Waals surface area contributed by atoms with Crippen LogP contribution >= 0.6 is 0 Å². The summed E-state index contributed by atoms with van der Waals surface area (Å²) in [5.74, 6) is -0.398. The fourth-order valence-corrected chi connectivity index (χ4v) is 4.95. The van der Waals surface area contributed by atoms with Gasteiger partial charge in [-0.2, -0.15) is 4.31 Å². The van der Waals surface area contributed by atoms with Gasteiger partial charge < -0.3 is 14.5 Å². The van der Waals surface area contributed by atoms with Crippen LogP contribution in [0.3, 0.4) is 0 Å². The van der Waals surface area contributed by atoms with Gasteiger partial charge in [-0.15, -0.1) is 0 Å². The maximum Gasteiger partial charge on any atom is 0.287 e. The Bertz CT molecular complexity index is 931. The zero-order valence-electron chi connectivity index (χ0n) is 14.9. The van der Waals surface area contributed by atoms with Crippen LogP contribution in [-0.4, -0.2) is 44.9 Å². The van der Waals surface area contributed by atoms with E-state index in [1.807, 2.05) is 18.2 Å². The summed E-state index contributed by atoms with van der Waals surface area (Å²) >= 11 is 0. The average molecular weight is 390 g/mol. The molecule has 1 aromatic heterocycles. The van der Waals surface area contributed by atoms with Gasteiger partial charge in [0.15, 0.2) is 5.76 Å². The van der Waals surface area contributed by atoms with Gasteiger partial charge in [0.1, 0.15) is 0 Å². The van der Waals surface area contributed by atoms with Gasteiger partial charge in [-0.1, -0.05) is 24.3 Å². The highest BCUT2D eigenvalue weighted by Gasteiger charge is 2.30. The molecule has 1 atom stereocenters. The molecule has 2 aliphatic rings. The van der Waals surface area contributed by atoms with E-state index in [0.717, 1.165) is 24.8 Å². The Kier molecular flexibility index (Phi) is 5.03. The number of benzene rings is 1. The summed E-state index contributed by atoms with van der Waals surface area (Å²) in [4.78, 5) is 12.6. The number of sulfonamides is 1. The first-order chi connectivity index (χ1) is 13.1. The molecule has 144 valence electrons. The Labute approximate surface area is 158 Å². The number of hydrogen-bond acceptors (Lipinski definition) is 5. The molecule has 1 amide bonds. The minimum Gasteiger partial charge on any atom is -0.438 e. The number of furan rings is 1. The molecular formula is C19H22N2O5S. The molecule has 0 unspecified atom stereocenters. The van der Waals surface area contributed by atoms with Crippen molar-refractivity contribution in [2.45, 2.75) is 30.4 Å². The van der Waals surface area contributed by atoms with Crippen molar-refractivity contribution in [3.8, 4) is 0 Å². The van der Waals surface area contributed by atoms with Crippen LogP contribution < -0.4 is 5.32 Å². The number of nitrogens with zero attached hydrogens (tertiary/aromatic N) is 1. The first kappa shape index (κ1) is 18.2. The monoisotopic (exact) mass is 390 g/mol. The molecule has 27 heavy (non-hydrogen) atoms. The molecule has 0 spiro atoms. The quantitative estimate of drug-likeness (QED) is 0.864. The maximum atomic E-state index is 12.6. The predicted octanol–water partition coefficient (Wildman–Crippen LogP) is 2.11. The van der Waals surface area contributed by atoms with Crippen LogP contribution in [0.5, 0.6) is 0 Å². The summed E-state index contributed by atoms with van der Waals surface area (Å²) in [7, 11) is -3.75. The number of carbonyl (C=O) groups excluding carboxylic acids is 1. The number of aryl methyl sites for hydroxylation is 1. The minimum absolute atomic E-state index is 0.00453. The number of hydrogen-bond donors (Lipinski definition) is 1. The fraction of sp³-hybridized carbons (Fsp3) is 0.421. The van der Waals surface area contributed by atoms with E-state index < -0.39 is 15.9 Å². The Morgan fingerprint density at radius 1 is 1.11 bits per heavy atom. The van der Waals surface area contributed by atoms with Gasteiger partial charge >= 0.3 is 0 Å². The van der Waals surface area contributed by atoms with E-state index in [0.29, 0.717) is 13.2 Å². The van der Waals surface area contributed by atoms with E-state index in [2.05, 4.69) is 11.4 Å². The molecule has 2 aromatic rings. The smallest absolute Gasteiger partial charge is 0.287 e. The summed E-state index contributed by atoms with van der Waals surface area (Å²) in [5, 5.41) is 2.76. The van der Waals surface area contributed by atoms with Gasteiger partial charge in [-0.05, 0) is 42.5 Å². The molecule has 1 N–H and O–H groups in total. The van der Waals surface area contributed by atoms with Gasteiger partial charge in [0.25, 0.3) is 15.9 Å². The lowest BCUT2D eigenvalue weighted by molar-refractivity contribution is 0.0722. The van der Waals surface area contributed by atoms with E-state index in [4.69, 9.17) is 9.15 Å². The molecule has 1 aliphatic carbocycles. The molecule has 8 heteroatoms. The van der Waals surface area contributed by atoms with Gasteiger partial charge in [0, 0.05) is 13.1 Å². The van der Waals surface area contributed by atoms with Crippen LogP contribution in [0.4, 0.5) is 0 Å². The summed E-state index contributed by atoms with van der Waals surface area (Å²) in [6.45, 7) is 1.27. The molecule has 1 aromatic carbocycles. The first-order valence-corrected chi connectivity index (χ1v) is 10.6. The Morgan fingerprint density at radius 3 is 2.70 bits per heavy atom. The van der Waals surface area contributed by atoms with Crippen LogP contribution in [0.15, 0.2) is 45.9 Å². The number of amides is 1. The largest absolute Gasteiger partial charge is 0.438 e. The summed E-state index contributed by atoms with van der Waals surface area (Å²) in [6, 6.07) is 10.7. The molecule has 4 rings (SSSR count). The second-order valence-electron chi connectivity index (χ2n) is 6.75. The number of rotatable bonds is 4. The molecule has 7 nitrogen and oxygen atoms in total. The van der Waals surface area contributed by atoms with Crippen LogP contribution in [-0.2, 0) is 21.2 Å². The average Bonchev–Trinajstić information content (AvgIpc) is 3.20. The van der Waals surface area contributed by atoms with E-state index in [1.54, 1.807) is 0 Å². The lowest BCUT2D eigenvalue weighted by atomic mass is 9.88. The molecule has 2 heterocycles. The zero-order valence-corrected chi connectivity index (χ0v) is 15.7. The zero-order chi connectivity index (χ0) is 18.9. The number of nitrogens with one attached hydrogen (secondary N) is 1. The summed E-state index contributed by atoms with van der Waals surface area (Å²) in [5.41, 5.74) is 2.36. The third-order valence-corrected chi connectivity index (χ3v) is 6.82. The third-order valence-electron chi connectivity index (χ3n) is 5.04. The Hall–Kier alpha value is -2.16. The molecule has 1 aliphatic heterocycles. The molecule has 0 radical (unpaired) electrons. The van der Waals surface area contributed by atoms with E-state index in [1.165, 1.54) is 22.0 Å². The van der Waals surface area contributed by atoms with Gasteiger partial charge in [0.05, 0.1) is 19.3 Å². The molecule has 0 bridgehead atoms. The van der Waals surface area contributed by atoms with Crippen molar-refractivity contribution >= 4 is 15.9 Å². The summed E-state index contributed by atoms with van der Waals surface area (Å²) in [6.07, 6.45) is 2.85. The Morgan fingerprint density at radius 2 is 1.89 bits per heavy atom. The van der Waals surface area contributed by atoms with Crippen molar-refractivity contribution in [3.63, 3.8) is 0 Å². The minimum atomic E-state index is -3.75. The van der Waals surface area contributed by atoms with Crippen molar-refractivity contribution in [2.75, 3.05) is 26.3 Å². The van der Waals surface area contributed by atoms with Crippen LogP contribution in [0.1, 0.15) is 40.6 Å². The predicted molar refractivity (Wildman–Crippen MR) is 97.9 cm³/mol. The normalized spacial score (nSPS) is 20.8. The number of fused-ring (bicyclic) bond motifs is 1. The highest BCUT2D eigenvalue weighted by molar-refractivity contribution is 7.89. The van der Waals surface area contributed by atoms with Crippen molar-refractivity contribution in [2.24, 2.45) is 0 Å².